The van der Waals surface area contributed by atoms with Crippen molar-refractivity contribution in [3.8, 4) is 0 Å². The van der Waals surface area contributed by atoms with Crippen LogP contribution in [0.4, 0.5) is 0 Å². The number of thiocarbonyl (C=S) groups is 1. The predicted molar refractivity (Wildman–Crippen MR) is 77.6 cm³/mol. The maximum Gasteiger partial charge on any atom is 0.103 e. The SMILES string of the molecule is CCCCCNC1(C)C=CC=C(C)C1N=C=S. The van der Waals surface area contributed by atoms with Gasteiger partial charge in [-0.2, -0.15) is 0 Å². The minimum Gasteiger partial charge on any atom is -0.306 e. The quantitative estimate of drug-likeness (QED) is 0.443. The zero-order chi connectivity index (χ0) is 12.7. The van der Waals surface area contributed by atoms with Crippen LogP contribution in [0.15, 0.2) is 28.8 Å². The average molecular weight is 250 g/mol. The van der Waals surface area contributed by atoms with Gasteiger partial charge in [-0.05, 0) is 44.6 Å². The van der Waals surface area contributed by atoms with Gasteiger partial charge >= 0.3 is 0 Å². The van der Waals surface area contributed by atoms with E-state index in [-0.39, 0.29) is 11.6 Å². The summed E-state index contributed by atoms with van der Waals surface area (Å²) in [5, 5.41) is 6.11. The molecule has 2 nitrogen and oxygen atoms in total. The number of rotatable bonds is 6. The minimum atomic E-state index is -0.127. The van der Waals surface area contributed by atoms with Gasteiger partial charge in [-0.1, -0.05) is 38.0 Å². The van der Waals surface area contributed by atoms with Crippen molar-refractivity contribution in [1.29, 1.82) is 0 Å². The normalized spacial score (nSPS) is 27.5. The fraction of sp³-hybridized carbons (Fsp3) is 0.643. The van der Waals surface area contributed by atoms with Crippen molar-refractivity contribution in [2.75, 3.05) is 6.54 Å². The van der Waals surface area contributed by atoms with Gasteiger partial charge in [0.05, 0.1) is 10.7 Å². The first kappa shape index (κ1) is 14.3. The Hall–Kier alpha value is -0.760. The molecule has 0 fully saturated rings. The van der Waals surface area contributed by atoms with Gasteiger partial charge in [0.2, 0.25) is 0 Å². The van der Waals surface area contributed by atoms with Gasteiger partial charge < -0.3 is 5.32 Å². The topological polar surface area (TPSA) is 24.4 Å². The van der Waals surface area contributed by atoms with E-state index in [9.17, 15) is 0 Å². The number of hydrogen-bond donors (Lipinski definition) is 1. The molecule has 0 aromatic heterocycles. The lowest BCUT2D eigenvalue weighted by molar-refractivity contribution is 0.381. The number of nitrogens with one attached hydrogen (secondary N) is 1. The second-order valence-electron chi connectivity index (χ2n) is 4.81. The Balaban J connectivity index is 2.67. The second kappa shape index (κ2) is 6.85. The molecule has 17 heavy (non-hydrogen) atoms. The van der Waals surface area contributed by atoms with Gasteiger partial charge in [-0.3, -0.25) is 0 Å². The van der Waals surface area contributed by atoms with E-state index in [1.807, 2.05) is 0 Å². The Morgan fingerprint density at radius 1 is 1.53 bits per heavy atom. The van der Waals surface area contributed by atoms with Gasteiger partial charge in [0.1, 0.15) is 6.04 Å². The molecule has 0 amide bonds. The third kappa shape index (κ3) is 3.88. The number of hydrogen-bond acceptors (Lipinski definition) is 3. The summed E-state index contributed by atoms with van der Waals surface area (Å²) in [7, 11) is 0. The molecule has 3 heteroatoms. The lowest BCUT2D eigenvalue weighted by Crippen LogP contribution is -2.51. The number of allylic oxidation sites excluding steroid dienone is 2. The lowest BCUT2D eigenvalue weighted by atomic mass is 9.83. The van der Waals surface area contributed by atoms with Crippen LogP contribution in [0.2, 0.25) is 0 Å². The number of isothiocyanates is 1. The third-order valence-electron chi connectivity index (χ3n) is 3.27. The summed E-state index contributed by atoms with van der Waals surface area (Å²) in [6.45, 7) is 7.50. The molecule has 0 saturated heterocycles. The number of unbranched alkanes of at least 4 members (excludes halogenated alkanes) is 2. The summed E-state index contributed by atoms with van der Waals surface area (Å²) < 4.78 is 0. The fourth-order valence-electron chi connectivity index (χ4n) is 2.23. The Labute approximate surface area is 110 Å². The van der Waals surface area contributed by atoms with Crippen LogP contribution in [0.25, 0.3) is 0 Å². The van der Waals surface area contributed by atoms with Gasteiger partial charge in [0, 0.05) is 0 Å². The van der Waals surface area contributed by atoms with Crippen LogP contribution in [0, 0.1) is 0 Å². The highest BCUT2D eigenvalue weighted by Crippen LogP contribution is 2.26. The molecule has 1 aliphatic rings. The molecule has 0 aliphatic heterocycles. The van der Waals surface area contributed by atoms with Gasteiger partial charge in [-0.15, -0.1) is 0 Å². The van der Waals surface area contributed by atoms with Crippen LogP contribution < -0.4 is 5.32 Å². The molecule has 2 atom stereocenters. The molecule has 94 valence electrons. The number of aliphatic imine (C=N–C) groups is 1. The highest BCUT2D eigenvalue weighted by Gasteiger charge is 2.33. The number of nitrogens with zero attached hydrogens (tertiary/aromatic N) is 1. The van der Waals surface area contributed by atoms with Gasteiger partial charge in [0.25, 0.3) is 0 Å². The van der Waals surface area contributed by atoms with Gasteiger partial charge in [0.15, 0.2) is 0 Å². The van der Waals surface area contributed by atoms with Crippen molar-refractivity contribution in [2.24, 2.45) is 4.99 Å². The molecule has 1 rings (SSSR count). The molecule has 0 bridgehead atoms. The summed E-state index contributed by atoms with van der Waals surface area (Å²) >= 11 is 4.75. The highest BCUT2D eigenvalue weighted by molar-refractivity contribution is 7.78. The van der Waals surface area contributed by atoms with Crippen molar-refractivity contribution in [3.63, 3.8) is 0 Å². The molecule has 0 radical (unpaired) electrons. The molecule has 0 heterocycles. The Morgan fingerprint density at radius 2 is 2.29 bits per heavy atom. The lowest BCUT2D eigenvalue weighted by Gasteiger charge is -2.36. The summed E-state index contributed by atoms with van der Waals surface area (Å²) in [6, 6.07) is 0.0756. The van der Waals surface area contributed by atoms with E-state index in [0.717, 1.165) is 6.54 Å². The monoisotopic (exact) mass is 250 g/mol. The molecular formula is C14H22N2S. The minimum absolute atomic E-state index is 0.0756. The van der Waals surface area contributed by atoms with E-state index in [1.54, 1.807) is 0 Å². The maximum atomic E-state index is 4.75. The van der Waals surface area contributed by atoms with E-state index < -0.39 is 0 Å². The van der Waals surface area contributed by atoms with E-state index >= 15 is 0 Å². The molecule has 0 spiro atoms. The smallest absolute Gasteiger partial charge is 0.103 e. The van der Waals surface area contributed by atoms with Crippen LogP contribution in [-0.4, -0.2) is 23.3 Å². The molecule has 1 N–H and O–H groups in total. The average Bonchev–Trinajstić information content (AvgIpc) is 2.30. The summed E-state index contributed by atoms with van der Waals surface area (Å²) in [6.07, 6.45) is 10.1. The maximum absolute atomic E-state index is 4.75. The van der Waals surface area contributed by atoms with Crippen LogP contribution in [-0.2, 0) is 0 Å². The largest absolute Gasteiger partial charge is 0.306 e. The molecular weight excluding hydrogens is 228 g/mol. The van der Waals surface area contributed by atoms with Crippen LogP contribution in [0.3, 0.4) is 0 Å². The van der Waals surface area contributed by atoms with E-state index in [0.29, 0.717) is 0 Å². The third-order valence-corrected chi connectivity index (χ3v) is 3.37. The first-order valence-corrected chi connectivity index (χ1v) is 6.73. The standard InChI is InChI=1S/C14H22N2S/c1-4-5-6-10-16-14(3)9-7-8-12(2)13(14)15-11-17/h7-9,13,16H,4-6,10H2,1-3H3. The second-order valence-corrected chi connectivity index (χ2v) is 4.99. The van der Waals surface area contributed by atoms with Crippen molar-refractivity contribution < 1.29 is 0 Å². The van der Waals surface area contributed by atoms with Gasteiger partial charge in [-0.25, -0.2) is 4.99 Å². The molecule has 0 aromatic rings. The Kier molecular flexibility index (Phi) is 5.76. The first-order chi connectivity index (χ1) is 8.14. The predicted octanol–water partition coefficient (Wildman–Crippen LogP) is 3.51. The first-order valence-electron chi connectivity index (χ1n) is 6.32. The summed E-state index contributed by atoms with van der Waals surface area (Å²) in [4.78, 5) is 4.30. The van der Waals surface area contributed by atoms with Crippen molar-refractivity contribution in [2.45, 2.75) is 51.6 Å². The molecule has 0 saturated carbocycles. The Morgan fingerprint density at radius 3 is 2.94 bits per heavy atom. The molecule has 1 aliphatic carbocycles. The fourth-order valence-corrected chi connectivity index (χ4v) is 2.34. The summed E-state index contributed by atoms with van der Waals surface area (Å²) in [5.74, 6) is 0. The Bertz CT molecular complexity index is 353. The summed E-state index contributed by atoms with van der Waals surface area (Å²) in [5.41, 5.74) is 1.11. The molecule has 0 aromatic carbocycles. The van der Waals surface area contributed by atoms with Crippen molar-refractivity contribution in [3.05, 3.63) is 23.8 Å². The van der Waals surface area contributed by atoms with Crippen LogP contribution in [0.1, 0.15) is 40.0 Å². The highest BCUT2D eigenvalue weighted by atomic mass is 32.1. The van der Waals surface area contributed by atoms with Crippen molar-refractivity contribution in [1.82, 2.24) is 5.32 Å². The van der Waals surface area contributed by atoms with E-state index in [4.69, 9.17) is 12.2 Å². The van der Waals surface area contributed by atoms with E-state index in [2.05, 4.69) is 54.5 Å². The molecule has 2 unspecified atom stereocenters. The van der Waals surface area contributed by atoms with E-state index in [1.165, 1.54) is 24.8 Å². The van der Waals surface area contributed by atoms with Crippen LogP contribution >= 0.6 is 12.2 Å². The van der Waals surface area contributed by atoms with Crippen molar-refractivity contribution >= 4 is 17.4 Å². The zero-order valence-electron chi connectivity index (χ0n) is 11.0. The van der Waals surface area contributed by atoms with Crippen LogP contribution in [0.5, 0.6) is 0 Å². The zero-order valence-corrected chi connectivity index (χ0v) is 11.8.